The Bertz CT molecular complexity index is 4170. The van der Waals surface area contributed by atoms with Gasteiger partial charge in [0.15, 0.2) is 0 Å². The van der Waals surface area contributed by atoms with Gasteiger partial charge in [0.1, 0.15) is 0 Å². The van der Waals surface area contributed by atoms with Crippen molar-refractivity contribution in [2.45, 2.75) is 231 Å². The Morgan fingerprint density at radius 2 is 0.964 bits per heavy atom. The molecule has 0 amide bonds. The van der Waals surface area contributed by atoms with Crippen molar-refractivity contribution in [1.29, 1.82) is 0 Å². The highest BCUT2D eigenvalue weighted by molar-refractivity contribution is 7.00. The molecule has 7 aromatic rings. The third-order valence-corrected chi connectivity index (χ3v) is 25.2. The topological polar surface area (TPSA) is 9.72 Å². The predicted molar refractivity (Wildman–Crippen MR) is 360 cm³/mol. The van der Waals surface area contributed by atoms with E-state index in [1.165, 1.54) is 166 Å². The first-order valence-corrected chi connectivity index (χ1v) is 32.6. The minimum atomic E-state index is -0.238. The Labute approximate surface area is 504 Å². The zero-order valence-corrected chi connectivity index (χ0v) is 54.0. The number of benzene rings is 7. The van der Waals surface area contributed by atoms with Gasteiger partial charge in [-0.25, -0.2) is 0 Å². The molecule has 0 radical (unpaired) electrons. The Hall–Kier alpha value is -6.26. The van der Waals surface area contributed by atoms with Crippen LogP contribution in [0.1, 0.15) is 242 Å². The van der Waals surface area contributed by atoms with Gasteiger partial charge in [0.2, 0.25) is 0 Å². The summed E-state index contributed by atoms with van der Waals surface area (Å²) in [6, 6.07) is 44.0. The molecule has 0 aromatic heterocycles. The van der Waals surface area contributed by atoms with Crippen LogP contribution in [0.3, 0.4) is 0 Å². The molecule has 4 heteroatoms. The second kappa shape index (κ2) is 16.2. The van der Waals surface area contributed by atoms with Crippen LogP contribution in [-0.2, 0) is 43.3 Å². The van der Waals surface area contributed by atoms with Gasteiger partial charge in [0, 0.05) is 56.3 Å². The zero-order valence-electron chi connectivity index (χ0n) is 54.0. The lowest BCUT2D eigenvalue weighted by Gasteiger charge is -2.52. The molecule has 7 aromatic carbocycles. The molecular weight excluding hydrogens is 1010 g/mol. The number of hydrogen-bond donors (Lipinski definition) is 0. The Kier molecular flexibility index (Phi) is 10.3. The van der Waals surface area contributed by atoms with Crippen molar-refractivity contribution in [3.63, 3.8) is 0 Å². The standard InChI is InChI=1S/C80H90BN3/c1-46-35-56-61-44-65(46)83-67-40-53-51-24-20-19-23-50(51)47(2)52(53)39-63(67)81-64-42-58-59(76(12,13)32-31-75(58,10)11)43-68(64)82(48-25-26-54-57(36-48)74(8,9)30-29-73(54,6)7)69-37-49(38-70(83)71(69)81)84-66-45-60(78(61,16)34-33-77(56,14)15)55(72(3,4)5)41-62(66)79(17)27-21-22-28-80(79,84)18/h19-20,23-26,35-45H,2,21-22,27-34H2,1,3-18H3. The largest absolute Gasteiger partial charge is 0.334 e. The van der Waals surface area contributed by atoms with Gasteiger partial charge in [-0.05, 0) is 246 Å². The molecule has 16 rings (SSSR count). The molecule has 3 atom stereocenters. The van der Waals surface area contributed by atoms with Gasteiger partial charge >= 0.3 is 0 Å². The van der Waals surface area contributed by atoms with E-state index in [1.807, 2.05) is 0 Å². The summed E-state index contributed by atoms with van der Waals surface area (Å²) in [6.07, 6.45) is 11.7. The molecular formula is C80H90BN3. The first kappa shape index (κ1) is 53.2. The maximum absolute atomic E-state index is 4.94. The maximum Gasteiger partial charge on any atom is 0.252 e. The van der Waals surface area contributed by atoms with Crippen LogP contribution in [0, 0.1) is 6.92 Å². The molecule has 84 heavy (non-hydrogen) atoms. The van der Waals surface area contributed by atoms with Gasteiger partial charge in [0.05, 0.1) is 5.54 Å². The van der Waals surface area contributed by atoms with Gasteiger partial charge in [-0.3, -0.25) is 0 Å². The SMILES string of the molecule is C=C1c2ccccc2-c2cc3c(cc21)B1c2cc4c(cc2N(c2ccc5c(c2)C(C)(C)CCC5(C)C)c2cc5cc(c21)N3c1cc2c(cc1C)C(C)(C)CCC2(C)c1cc2c(cc1C(C)(C)C)C1(C)CCCCC1(C)N52)C(C)(C)CCC4(C)C. The van der Waals surface area contributed by atoms with Gasteiger partial charge in [-0.2, -0.15) is 0 Å². The number of anilines is 8. The summed E-state index contributed by atoms with van der Waals surface area (Å²) < 4.78 is 0. The van der Waals surface area contributed by atoms with E-state index in [-0.39, 0.29) is 55.6 Å². The molecule has 0 N–H and O–H groups in total. The highest BCUT2D eigenvalue weighted by atomic mass is 15.3. The average Bonchev–Trinajstić information content (AvgIpc) is 1.26. The molecule has 0 spiro atoms. The molecule has 6 bridgehead atoms. The Morgan fingerprint density at radius 3 is 1.64 bits per heavy atom. The molecule has 0 saturated heterocycles. The van der Waals surface area contributed by atoms with Crippen molar-refractivity contribution in [3.05, 3.63) is 176 Å². The van der Waals surface area contributed by atoms with Crippen LogP contribution >= 0.6 is 0 Å². The smallest absolute Gasteiger partial charge is 0.252 e. The van der Waals surface area contributed by atoms with Crippen molar-refractivity contribution in [2.24, 2.45) is 0 Å². The molecule has 5 aliphatic carbocycles. The number of aryl methyl sites for hydroxylation is 1. The van der Waals surface area contributed by atoms with E-state index in [9.17, 15) is 0 Å². The van der Waals surface area contributed by atoms with E-state index in [4.69, 9.17) is 6.58 Å². The molecule has 4 heterocycles. The van der Waals surface area contributed by atoms with Crippen molar-refractivity contribution in [1.82, 2.24) is 0 Å². The normalized spacial score (nSPS) is 25.8. The molecule has 4 aliphatic heterocycles. The van der Waals surface area contributed by atoms with Crippen molar-refractivity contribution >= 4 is 74.2 Å². The number of hydrogen-bond acceptors (Lipinski definition) is 3. The second-order valence-electron chi connectivity index (χ2n) is 33.4. The molecule has 1 saturated carbocycles. The highest BCUT2D eigenvalue weighted by Gasteiger charge is 2.60. The van der Waals surface area contributed by atoms with Crippen molar-refractivity contribution < 1.29 is 0 Å². The van der Waals surface area contributed by atoms with Gasteiger partial charge < -0.3 is 14.7 Å². The second-order valence-corrected chi connectivity index (χ2v) is 33.4. The van der Waals surface area contributed by atoms with E-state index >= 15 is 0 Å². The summed E-state index contributed by atoms with van der Waals surface area (Å²) in [7, 11) is 0. The van der Waals surface area contributed by atoms with E-state index in [0.29, 0.717) is 0 Å². The van der Waals surface area contributed by atoms with E-state index in [1.54, 1.807) is 5.56 Å². The van der Waals surface area contributed by atoms with Gasteiger partial charge in [-0.1, -0.05) is 178 Å². The van der Waals surface area contributed by atoms with Crippen LogP contribution in [0.15, 0.2) is 110 Å². The highest BCUT2D eigenvalue weighted by Crippen LogP contribution is 2.65. The zero-order chi connectivity index (χ0) is 58.9. The molecule has 3 nitrogen and oxygen atoms in total. The lowest BCUT2D eigenvalue weighted by molar-refractivity contribution is 0.195. The maximum atomic E-state index is 4.94. The van der Waals surface area contributed by atoms with Crippen molar-refractivity contribution in [3.8, 4) is 11.1 Å². The molecule has 3 unspecified atom stereocenters. The first-order valence-electron chi connectivity index (χ1n) is 32.6. The number of nitrogens with zero attached hydrogens (tertiary/aromatic N) is 3. The minimum Gasteiger partial charge on any atom is -0.334 e. The number of rotatable bonds is 1. The van der Waals surface area contributed by atoms with Gasteiger partial charge in [-0.15, -0.1) is 0 Å². The summed E-state index contributed by atoms with van der Waals surface area (Å²) in [6.45, 7) is 48.0. The van der Waals surface area contributed by atoms with Crippen LogP contribution in [0.25, 0.3) is 16.7 Å². The Balaban J connectivity index is 1.11. The third kappa shape index (κ3) is 6.62. The number of fused-ring (bicyclic) bond motifs is 19. The van der Waals surface area contributed by atoms with Crippen LogP contribution in [-0.4, -0.2) is 12.3 Å². The third-order valence-electron chi connectivity index (χ3n) is 25.2. The fraction of sp³-hybridized carbons (Fsp3) is 0.450. The molecule has 9 aliphatic rings. The summed E-state index contributed by atoms with van der Waals surface area (Å²) >= 11 is 0. The predicted octanol–water partition coefficient (Wildman–Crippen LogP) is 19.5. The average molecular weight is 1100 g/mol. The van der Waals surface area contributed by atoms with E-state index in [0.717, 1.165) is 37.7 Å². The lowest BCUT2D eigenvalue weighted by atomic mass is 9.33. The summed E-state index contributed by atoms with van der Waals surface area (Å²) in [4.78, 5) is 8.60. The van der Waals surface area contributed by atoms with Crippen LogP contribution in [0.5, 0.6) is 0 Å². The van der Waals surface area contributed by atoms with E-state index in [2.05, 4.69) is 236 Å². The quantitative estimate of drug-likeness (QED) is 0.152. The minimum absolute atomic E-state index is 0.00891. The Morgan fingerprint density at radius 1 is 0.417 bits per heavy atom. The fourth-order valence-electron chi connectivity index (χ4n) is 19.4. The molecule has 428 valence electrons. The van der Waals surface area contributed by atoms with Crippen LogP contribution < -0.4 is 31.1 Å². The fourth-order valence-corrected chi connectivity index (χ4v) is 19.4. The summed E-state index contributed by atoms with van der Waals surface area (Å²) in [5, 5.41) is 0. The lowest BCUT2D eigenvalue weighted by Crippen LogP contribution is -2.62. The summed E-state index contributed by atoms with van der Waals surface area (Å²) in [5.74, 6) is 0. The summed E-state index contributed by atoms with van der Waals surface area (Å²) in [5.41, 5.74) is 35.7. The molecule has 1 fully saturated rings. The van der Waals surface area contributed by atoms with Gasteiger partial charge in [0.25, 0.3) is 6.71 Å². The van der Waals surface area contributed by atoms with E-state index < -0.39 is 0 Å². The monoisotopic (exact) mass is 1100 g/mol. The van der Waals surface area contributed by atoms with Crippen LogP contribution in [0.2, 0.25) is 0 Å². The van der Waals surface area contributed by atoms with Crippen LogP contribution in [0.4, 0.5) is 45.5 Å². The van der Waals surface area contributed by atoms with Crippen molar-refractivity contribution in [2.75, 3.05) is 14.7 Å². The first-order chi connectivity index (χ1) is 39.4.